The number of hydrogen-bond acceptors (Lipinski definition) is 6. The second-order valence-electron chi connectivity index (χ2n) is 9.20. The van der Waals surface area contributed by atoms with Crippen molar-refractivity contribution in [3.63, 3.8) is 0 Å². The van der Waals surface area contributed by atoms with Gasteiger partial charge < -0.3 is 19.7 Å². The van der Waals surface area contributed by atoms with Crippen LogP contribution in [0.5, 0.6) is 5.75 Å². The van der Waals surface area contributed by atoms with Gasteiger partial charge in [0, 0.05) is 24.1 Å². The summed E-state index contributed by atoms with van der Waals surface area (Å²) in [7, 11) is -4.69. The lowest BCUT2D eigenvalue weighted by Gasteiger charge is -2.17. The molecule has 0 heterocycles. The Morgan fingerprint density at radius 2 is 1.67 bits per heavy atom. The van der Waals surface area contributed by atoms with Crippen molar-refractivity contribution in [1.29, 1.82) is 0 Å². The minimum absolute atomic E-state index is 0.0190. The third-order valence-corrected chi connectivity index (χ3v) is 10.3. The maximum atomic E-state index is 13.3. The number of aryl methyl sites for hydroxylation is 1. The van der Waals surface area contributed by atoms with Crippen molar-refractivity contribution in [2.24, 2.45) is 0 Å². The molecule has 2 unspecified atom stereocenters. The highest BCUT2D eigenvalue weighted by Gasteiger charge is 2.25. The number of halogens is 2. The van der Waals surface area contributed by atoms with E-state index in [0.29, 0.717) is 34.8 Å². The van der Waals surface area contributed by atoms with E-state index in [2.05, 4.69) is 5.32 Å². The lowest BCUT2D eigenvalue weighted by atomic mass is 10.0. The van der Waals surface area contributed by atoms with Crippen molar-refractivity contribution >= 4 is 57.4 Å². The Bertz CT molecular complexity index is 1540. The van der Waals surface area contributed by atoms with Crippen LogP contribution >= 0.6 is 30.3 Å². The summed E-state index contributed by atoms with van der Waals surface area (Å²) in [6.45, 7) is 1.68. The quantitative estimate of drug-likeness (QED) is 0.301. The van der Waals surface area contributed by atoms with Crippen molar-refractivity contribution < 1.29 is 32.4 Å². The van der Waals surface area contributed by atoms with Crippen LogP contribution in [0.2, 0.25) is 10.0 Å². The average molecular weight is 612 g/mol. The van der Waals surface area contributed by atoms with E-state index < -0.39 is 34.9 Å². The normalized spacial score (nSPS) is 13.8. The smallest absolute Gasteiger partial charge is 0.326 e. The third-order valence-electron chi connectivity index (χ3n) is 6.13. The summed E-state index contributed by atoms with van der Waals surface area (Å²) in [5, 5.41) is 12.8. The van der Waals surface area contributed by atoms with Crippen molar-refractivity contribution in [2.75, 3.05) is 26.2 Å². The molecule has 0 aliphatic heterocycles. The molecule has 0 saturated heterocycles. The number of carbonyl (C=O) groups excluding carboxylic acids is 1. The second-order valence-corrected chi connectivity index (χ2v) is 15.2. The molecule has 0 aliphatic carbocycles. The number of carbonyl (C=O) groups is 2. The molecule has 0 aromatic heterocycles. The maximum absolute atomic E-state index is 13.3. The predicted molar refractivity (Wildman–Crippen MR) is 153 cm³/mol. The van der Waals surface area contributed by atoms with Crippen LogP contribution in [0.1, 0.15) is 21.5 Å². The van der Waals surface area contributed by atoms with Gasteiger partial charge in [-0.3, -0.25) is 4.79 Å². The highest BCUT2D eigenvalue weighted by molar-refractivity contribution is 7.90. The monoisotopic (exact) mass is 611 g/mol. The zero-order valence-corrected chi connectivity index (χ0v) is 24.7. The van der Waals surface area contributed by atoms with E-state index >= 15 is 0 Å². The molecule has 3 aromatic rings. The predicted octanol–water partition coefficient (Wildman–Crippen LogP) is 4.69. The van der Waals surface area contributed by atoms with Crippen molar-refractivity contribution in [2.45, 2.75) is 23.8 Å². The van der Waals surface area contributed by atoms with Crippen LogP contribution in [0.4, 0.5) is 0 Å². The fourth-order valence-electron chi connectivity index (χ4n) is 3.93. The number of benzene rings is 3. The maximum Gasteiger partial charge on any atom is 0.326 e. The molecule has 1 amide bonds. The number of nitrogens with one attached hydrogen (secondary N) is 1. The Morgan fingerprint density at radius 1 is 1.03 bits per heavy atom. The van der Waals surface area contributed by atoms with Gasteiger partial charge in [-0.1, -0.05) is 47.5 Å². The molecule has 39 heavy (non-hydrogen) atoms. The SMILES string of the molecule is COc1cccc(P(C)(=O)CCc2cc(Cl)c(C(=O)NC(Cc3cccc(S(C)(=O)=O)c3)C(=O)O)c(Cl)c2)c1. The van der Waals surface area contributed by atoms with Gasteiger partial charge >= 0.3 is 5.97 Å². The number of methoxy groups -OCH3 is 1. The molecule has 2 N–H and O–H groups in total. The van der Waals surface area contributed by atoms with Crippen molar-refractivity contribution in [3.8, 4) is 5.75 Å². The molecule has 0 spiro atoms. The number of carboxylic acids is 1. The Balaban J connectivity index is 1.75. The Morgan fingerprint density at radius 3 is 2.26 bits per heavy atom. The highest BCUT2D eigenvalue weighted by Crippen LogP contribution is 2.41. The van der Waals surface area contributed by atoms with E-state index in [1.165, 1.54) is 25.3 Å². The minimum atomic E-state index is -3.49. The topological polar surface area (TPSA) is 127 Å². The number of sulfone groups is 1. The number of carboxylic acid groups (broad SMARTS) is 1. The summed E-state index contributed by atoms with van der Waals surface area (Å²) >= 11 is 12.8. The zero-order chi connectivity index (χ0) is 29.0. The number of rotatable bonds is 11. The van der Waals surface area contributed by atoms with E-state index in [9.17, 15) is 27.7 Å². The van der Waals surface area contributed by atoms with Gasteiger partial charge in [-0.05, 0) is 60.6 Å². The summed E-state index contributed by atoms with van der Waals surface area (Å²) < 4.78 is 42.2. The van der Waals surface area contributed by atoms with Gasteiger partial charge in [-0.25, -0.2) is 13.2 Å². The molecule has 3 rings (SSSR count). The van der Waals surface area contributed by atoms with Crippen LogP contribution < -0.4 is 15.4 Å². The summed E-state index contributed by atoms with van der Waals surface area (Å²) in [5.74, 6) is -1.49. The zero-order valence-electron chi connectivity index (χ0n) is 21.5. The molecule has 12 heteroatoms. The second kappa shape index (κ2) is 12.6. The van der Waals surface area contributed by atoms with Crippen molar-refractivity contribution in [3.05, 3.63) is 87.4 Å². The van der Waals surface area contributed by atoms with E-state index in [1.54, 1.807) is 49.1 Å². The van der Waals surface area contributed by atoms with Gasteiger partial charge in [0.1, 0.15) is 18.9 Å². The van der Waals surface area contributed by atoms with Crippen LogP contribution in [0.3, 0.4) is 0 Å². The first kappa shape index (κ1) is 30.7. The molecule has 8 nitrogen and oxygen atoms in total. The summed E-state index contributed by atoms with van der Waals surface area (Å²) in [4.78, 5) is 24.9. The molecule has 0 saturated carbocycles. The largest absolute Gasteiger partial charge is 0.497 e. The van der Waals surface area contributed by atoms with Gasteiger partial charge in [-0.2, -0.15) is 0 Å². The van der Waals surface area contributed by atoms with E-state index in [4.69, 9.17) is 27.9 Å². The standard InChI is InChI=1S/C27H28Cl2NO7PS/c1-37-19-7-5-8-20(16-19)38(2,34)11-10-18-13-22(28)25(23(29)14-18)26(31)30-24(27(32)33)15-17-6-4-9-21(12-17)39(3,35)36/h4-9,12-14,16,24H,10-11,15H2,1-3H3,(H,30,31)(H,32,33). The lowest BCUT2D eigenvalue weighted by Crippen LogP contribution is -2.42. The molecule has 0 radical (unpaired) electrons. The minimum Gasteiger partial charge on any atom is -0.497 e. The molecule has 0 bridgehead atoms. The van der Waals surface area contributed by atoms with Gasteiger partial charge in [-0.15, -0.1) is 0 Å². The molecule has 2 atom stereocenters. The third kappa shape index (κ3) is 8.08. The average Bonchev–Trinajstić information content (AvgIpc) is 2.86. The lowest BCUT2D eigenvalue weighted by molar-refractivity contribution is -0.139. The molecule has 0 fully saturated rings. The van der Waals surface area contributed by atoms with Gasteiger partial charge in [0.2, 0.25) is 0 Å². The molecule has 3 aromatic carbocycles. The molecular formula is C27H28Cl2NO7PS. The number of aliphatic carboxylic acids is 1. The summed E-state index contributed by atoms with van der Waals surface area (Å²) in [6.07, 6.45) is 1.59. The highest BCUT2D eigenvalue weighted by atomic mass is 35.5. The molecule has 0 aliphatic rings. The van der Waals surface area contributed by atoms with Gasteiger partial charge in [0.05, 0.1) is 27.6 Å². The first-order valence-electron chi connectivity index (χ1n) is 11.7. The summed E-state index contributed by atoms with van der Waals surface area (Å²) in [5.41, 5.74) is 0.989. The van der Waals surface area contributed by atoms with E-state index in [0.717, 1.165) is 6.26 Å². The number of hydrogen-bond donors (Lipinski definition) is 2. The van der Waals surface area contributed by atoms with E-state index in [-0.39, 0.29) is 26.9 Å². The number of ether oxygens (including phenoxy) is 1. The molecule has 208 valence electrons. The fraction of sp³-hybridized carbons (Fsp3) is 0.259. The van der Waals surface area contributed by atoms with E-state index in [1.807, 2.05) is 0 Å². The van der Waals surface area contributed by atoms with Gasteiger partial charge in [0.25, 0.3) is 5.91 Å². The first-order chi connectivity index (χ1) is 18.2. The van der Waals surface area contributed by atoms with Gasteiger partial charge in [0.15, 0.2) is 9.84 Å². The van der Waals surface area contributed by atoms with Crippen LogP contribution in [-0.4, -0.2) is 57.6 Å². The summed E-state index contributed by atoms with van der Waals surface area (Å²) in [6, 6.07) is 14.6. The Kier molecular flexibility index (Phi) is 9.88. The fourth-order valence-corrected chi connectivity index (χ4v) is 7.07. The van der Waals surface area contributed by atoms with Crippen LogP contribution in [0.25, 0.3) is 0 Å². The molecular weight excluding hydrogens is 584 g/mol. The van der Waals surface area contributed by atoms with Crippen molar-refractivity contribution in [1.82, 2.24) is 5.32 Å². The van der Waals surface area contributed by atoms with Crippen LogP contribution in [-0.2, 0) is 32.0 Å². The Labute approximate surface area is 237 Å². The Hall–Kier alpha value is -2.84. The van der Waals surface area contributed by atoms with Crippen LogP contribution in [0.15, 0.2) is 65.6 Å². The van der Waals surface area contributed by atoms with Crippen LogP contribution in [0, 0.1) is 0 Å². The first-order valence-corrected chi connectivity index (χ1v) is 16.7. The number of amides is 1.